The third kappa shape index (κ3) is 4.07. The summed E-state index contributed by atoms with van der Waals surface area (Å²) in [7, 11) is -1.63. The van der Waals surface area contributed by atoms with Crippen LogP contribution in [0.4, 0.5) is 5.69 Å². The van der Waals surface area contributed by atoms with Gasteiger partial charge in [-0.3, -0.25) is 9.52 Å². The van der Waals surface area contributed by atoms with E-state index in [4.69, 9.17) is 0 Å². The molecule has 0 saturated heterocycles. The van der Waals surface area contributed by atoms with Gasteiger partial charge in [0, 0.05) is 24.8 Å². The van der Waals surface area contributed by atoms with Crippen LogP contribution in [0.2, 0.25) is 0 Å². The molecule has 0 atom stereocenters. The second-order valence-electron chi connectivity index (χ2n) is 3.77. The highest BCUT2D eigenvalue weighted by Gasteiger charge is 2.11. The lowest BCUT2D eigenvalue weighted by molar-refractivity contribution is 0.0802. The first-order chi connectivity index (χ1) is 7.83. The van der Waals surface area contributed by atoms with Crippen molar-refractivity contribution in [2.75, 3.05) is 24.6 Å². The number of nitrogens with one attached hydrogen (secondary N) is 1. The highest BCUT2D eigenvalue weighted by atomic mass is 32.2. The van der Waals surface area contributed by atoms with Crippen LogP contribution >= 0.6 is 0 Å². The maximum atomic E-state index is 11.8. The first-order valence-corrected chi connectivity index (χ1v) is 7.06. The molecule has 0 spiro atoms. The SMILES string of the molecule is CCN(C)C(=O)c1cccc(NS(C)(=O)=O)c1. The van der Waals surface area contributed by atoms with Crippen LogP contribution in [0.1, 0.15) is 17.3 Å². The monoisotopic (exact) mass is 256 g/mol. The first kappa shape index (κ1) is 13.5. The topological polar surface area (TPSA) is 66.5 Å². The zero-order valence-electron chi connectivity index (χ0n) is 10.1. The fourth-order valence-corrected chi connectivity index (χ4v) is 1.85. The number of hydrogen-bond acceptors (Lipinski definition) is 3. The lowest BCUT2D eigenvalue weighted by atomic mass is 10.2. The van der Waals surface area contributed by atoms with E-state index in [-0.39, 0.29) is 5.91 Å². The van der Waals surface area contributed by atoms with Crippen LogP contribution in [0.15, 0.2) is 24.3 Å². The lowest BCUT2D eigenvalue weighted by Crippen LogP contribution is -2.26. The molecule has 0 aromatic heterocycles. The van der Waals surface area contributed by atoms with E-state index in [9.17, 15) is 13.2 Å². The molecule has 1 amide bonds. The summed E-state index contributed by atoms with van der Waals surface area (Å²) in [5, 5.41) is 0. The van der Waals surface area contributed by atoms with Gasteiger partial charge in [0.05, 0.1) is 6.26 Å². The standard InChI is InChI=1S/C11H16N2O3S/c1-4-13(2)11(14)9-6-5-7-10(8-9)12-17(3,15)16/h5-8,12H,4H2,1-3H3. The number of carbonyl (C=O) groups excluding carboxylic acids is 1. The number of rotatable bonds is 4. The Kier molecular flexibility index (Phi) is 4.11. The Morgan fingerprint density at radius 3 is 2.59 bits per heavy atom. The number of carbonyl (C=O) groups is 1. The molecule has 1 rings (SSSR count). The molecular formula is C11H16N2O3S. The van der Waals surface area contributed by atoms with Crippen molar-refractivity contribution in [1.82, 2.24) is 4.90 Å². The Morgan fingerprint density at radius 2 is 2.06 bits per heavy atom. The van der Waals surface area contributed by atoms with E-state index >= 15 is 0 Å². The molecule has 0 fully saturated rings. The lowest BCUT2D eigenvalue weighted by Gasteiger charge is -2.15. The Morgan fingerprint density at radius 1 is 1.41 bits per heavy atom. The van der Waals surface area contributed by atoms with Gasteiger partial charge in [-0.15, -0.1) is 0 Å². The number of sulfonamides is 1. The van der Waals surface area contributed by atoms with Gasteiger partial charge >= 0.3 is 0 Å². The largest absolute Gasteiger partial charge is 0.342 e. The smallest absolute Gasteiger partial charge is 0.253 e. The van der Waals surface area contributed by atoms with Gasteiger partial charge in [-0.2, -0.15) is 0 Å². The van der Waals surface area contributed by atoms with Crippen LogP contribution in [0.3, 0.4) is 0 Å². The zero-order valence-corrected chi connectivity index (χ0v) is 10.9. The maximum absolute atomic E-state index is 11.8. The van der Waals surface area contributed by atoms with Crippen LogP contribution in [0.25, 0.3) is 0 Å². The van der Waals surface area contributed by atoms with Crippen LogP contribution in [0, 0.1) is 0 Å². The summed E-state index contributed by atoms with van der Waals surface area (Å²) < 4.78 is 24.5. The van der Waals surface area contributed by atoms with Gasteiger partial charge in [0.25, 0.3) is 5.91 Å². The van der Waals surface area contributed by atoms with E-state index in [1.165, 1.54) is 6.07 Å². The van der Waals surface area contributed by atoms with Gasteiger partial charge in [0.2, 0.25) is 10.0 Å². The Labute approximate surface area is 101 Å². The van der Waals surface area contributed by atoms with Crippen molar-refractivity contribution in [2.24, 2.45) is 0 Å². The van der Waals surface area contributed by atoms with Gasteiger partial charge in [-0.1, -0.05) is 6.07 Å². The number of amides is 1. The van der Waals surface area contributed by atoms with Gasteiger partial charge in [0.1, 0.15) is 0 Å². The summed E-state index contributed by atoms with van der Waals surface area (Å²) in [5.74, 6) is -0.135. The second kappa shape index (κ2) is 5.18. The van der Waals surface area contributed by atoms with Crippen molar-refractivity contribution in [3.8, 4) is 0 Å². The molecule has 0 aliphatic carbocycles. The minimum Gasteiger partial charge on any atom is -0.342 e. The summed E-state index contributed by atoms with van der Waals surface area (Å²) in [4.78, 5) is 13.4. The molecule has 0 aliphatic heterocycles. The molecule has 0 aliphatic rings. The fraction of sp³-hybridized carbons (Fsp3) is 0.364. The van der Waals surface area contributed by atoms with Crippen molar-refractivity contribution in [3.63, 3.8) is 0 Å². The Hall–Kier alpha value is -1.56. The summed E-state index contributed by atoms with van der Waals surface area (Å²) >= 11 is 0. The van der Waals surface area contributed by atoms with Gasteiger partial charge in [-0.25, -0.2) is 8.42 Å². The number of hydrogen-bond donors (Lipinski definition) is 1. The van der Waals surface area contributed by atoms with Crippen LogP contribution in [0.5, 0.6) is 0 Å². The quantitative estimate of drug-likeness (QED) is 0.878. The predicted octanol–water partition coefficient (Wildman–Crippen LogP) is 1.15. The molecule has 6 heteroatoms. The van der Waals surface area contributed by atoms with Crippen molar-refractivity contribution in [1.29, 1.82) is 0 Å². The number of nitrogens with zero attached hydrogens (tertiary/aromatic N) is 1. The minimum atomic E-state index is -3.32. The molecule has 0 bridgehead atoms. The average molecular weight is 256 g/mol. The summed E-state index contributed by atoms with van der Waals surface area (Å²) in [5.41, 5.74) is 0.853. The third-order valence-corrected chi connectivity index (χ3v) is 2.84. The molecule has 1 aromatic carbocycles. The predicted molar refractivity (Wildman–Crippen MR) is 67.5 cm³/mol. The molecule has 0 radical (unpaired) electrons. The van der Waals surface area contributed by atoms with E-state index in [0.717, 1.165) is 6.26 Å². The minimum absolute atomic E-state index is 0.135. The normalized spacial score (nSPS) is 11.0. The highest BCUT2D eigenvalue weighted by molar-refractivity contribution is 7.92. The summed E-state index contributed by atoms with van der Waals surface area (Å²) in [6, 6.07) is 6.42. The van der Waals surface area contributed by atoms with Gasteiger partial charge in [0.15, 0.2) is 0 Å². The molecular weight excluding hydrogens is 240 g/mol. The molecule has 0 saturated carbocycles. The fourth-order valence-electron chi connectivity index (χ4n) is 1.29. The molecule has 17 heavy (non-hydrogen) atoms. The van der Waals surface area contributed by atoms with Crippen molar-refractivity contribution < 1.29 is 13.2 Å². The van der Waals surface area contributed by atoms with Crippen LogP contribution in [-0.2, 0) is 10.0 Å². The van der Waals surface area contributed by atoms with E-state index in [0.29, 0.717) is 17.8 Å². The van der Waals surface area contributed by atoms with E-state index in [1.807, 2.05) is 6.92 Å². The molecule has 1 N–H and O–H groups in total. The van der Waals surface area contributed by atoms with E-state index in [1.54, 1.807) is 30.1 Å². The van der Waals surface area contributed by atoms with Crippen LogP contribution in [-0.4, -0.2) is 39.1 Å². The molecule has 94 valence electrons. The highest BCUT2D eigenvalue weighted by Crippen LogP contribution is 2.13. The van der Waals surface area contributed by atoms with Gasteiger partial charge < -0.3 is 4.90 Å². The average Bonchev–Trinajstić information content (AvgIpc) is 2.25. The Balaban J connectivity index is 2.97. The number of anilines is 1. The van der Waals surface area contributed by atoms with E-state index in [2.05, 4.69) is 4.72 Å². The Bertz CT molecular complexity index is 511. The second-order valence-corrected chi connectivity index (χ2v) is 5.52. The molecule has 5 nitrogen and oxygen atoms in total. The summed E-state index contributed by atoms with van der Waals surface area (Å²) in [6.45, 7) is 2.47. The van der Waals surface area contributed by atoms with Crippen molar-refractivity contribution in [3.05, 3.63) is 29.8 Å². The maximum Gasteiger partial charge on any atom is 0.253 e. The number of benzene rings is 1. The molecule has 0 unspecified atom stereocenters. The van der Waals surface area contributed by atoms with E-state index < -0.39 is 10.0 Å². The first-order valence-electron chi connectivity index (χ1n) is 5.17. The molecule has 1 aromatic rings. The van der Waals surface area contributed by atoms with Crippen molar-refractivity contribution >= 4 is 21.6 Å². The van der Waals surface area contributed by atoms with Crippen LogP contribution < -0.4 is 4.72 Å². The van der Waals surface area contributed by atoms with Crippen molar-refractivity contribution in [2.45, 2.75) is 6.92 Å². The third-order valence-electron chi connectivity index (χ3n) is 2.23. The zero-order chi connectivity index (χ0) is 13.1. The molecule has 0 heterocycles. The summed E-state index contributed by atoms with van der Waals surface area (Å²) in [6.07, 6.45) is 1.07. The van der Waals surface area contributed by atoms with Gasteiger partial charge in [-0.05, 0) is 25.1 Å².